The van der Waals surface area contributed by atoms with Gasteiger partial charge in [-0.25, -0.2) is 13.4 Å². The maximum Gasteiger partial charge on any atom is 0.175 e. The molecule has 0 saturated carbocycles. The van der Waals surface area contributed by atoms with Crippen LogP contribution in [-0.4, -0.2) is 26.7 Å². The minimum Gasteiger partial charge on any atom is -0.373 e. The number of benzene rings is 1. The maximum absolute atomic E-state index is 11.4. The van der Waals surface area contributed by atoms with Crippen LogP contribution in [0.3, 0.4) is 0 Å². The van der Waals surface area contributed by atoms with Gasteiger partial charge in [0, 0.05) is 18.2 Å². The predicted octanol–water partition coefficient (Wildman–Crippen LogP) is 2.68. The lowest BCUT2D eigenvalue weighted by molar-refractivity contribution is 0.602. The van der Waals surface area contributed by atoms with E-state index in [0.29, 0.717) is 4.90 Å². The van der Waals surface area contributed by atoms with Crippen molar-refractivity contribution >= 4 is 27.4 Å². The Bertz CT molecular complexity index is 667. The van der Waals surface area contributed by atoms with E-state index in [1.165, 1.54) is 18.0 Å². The third-order valence-corrected chi connectivity index (χ3v) is 4.53. The fourth-order valence-electron chi connectivity index (χ4n) is 1.49. The van der Waals surface area contributed by atoms with Gasteiger partial charge in [0.05, 0.1) is 4.90 Å². The van der Waals surface area contributed by atoms with Gasteiger partial charge in [-0.3, -0.25) is 0 Å². The molecular weight excluding hydrogens is 280 g/mol. The minimum atomic E-state index is -3.14. The van der Waals surface area contributed by atoms with Gasteiger partial charge in [0.1, 0.15) is 10.8 Å². The van der Waals surface area contributed by atoms with Gasteiger partial charge in [-0.05, 0) is 36.4 Å². The Kier molecular flexibility index (Phi) is 4.11. The molecule has 0 aliphatic heterocycles. The van der Waals surface area contributed by atoms with Crippen LogP contribution in [0.15, 0.2) is 57.3 Å². The van der Waals surface area contributed by atoms with Gasteiger partial charge in [0.2, 0.25) is 0 Å². The lowest BCUT2D eigenvalue weighted by Gasteiger charge is -2.04. The Morgan fingerprint density at radius 1 is 1.11 bits per heavy atom. The molecule has 1 N–H and O–H groups in total. The largest absolute Gasteiger partial charge is 0.373 e. The van der Waals surface area contributed by atoms with Crippen molar-refractivity contribution in [3.63, 3.8) is 0 Å². The summed E-state index contributed by atoms with van der Waals surface area (Å²) in [6.45, 7) is 0. The molecule has 0 radical (unpaired) electrons. The molecule has 0 unspecified atom stereocenters. The Balaban J connectivity index is 2.19. The van der Waals surface area contributed by atoms with Crippen LogP contribution >= 0.6 is 11.8 Å². The molecule has 0 spiro atoms. The summed E-state index contributed by atoms with van der Waals surface area (Å²) in [4.78, 5) is 5.67. The van der Waals surface area contributed by atoms with Crippen molar-refractivity contribution < 1.29 is 8.42 Å². The van der Waals surface area contributed by atoms with Crippen molar-refractivity contribution in [3.8, 4) is 0 Å². The van der Waals surface area contributed by atoms with Gasteiger partial charge >= 0.3 is 0 Å². The van der Waals surface area contributed by atoms with Crippen LogP contribution < -0.4 is 5.32 Å². The third kappa shape index (κ3) is 3.71. The SMILES string of the molecule is CNc1cccc(Sc2ccc(S(C)(=O)=O)cc2)n1. The molecule has 0 aliphatic rings. The Morgan fingerprint density at radius 3 is 2.37 bits per heavy atom. The number of sulfone groups is 1. The molecule has 6 heteroatoms. The van der Waals surface area contributed by atoms with Gasteiger partial charge in [-0.15, -0.1) is 0 Å². The second-order valence-corrected chi connectivity index (χ2v) is 7.07. The van der Waals surface area contributed by atoms with Gasteiger partial charge in [-0.2, -0.15) is 0 Å². The molecule has 100 valence electrons. The molecule has 0 atom stereocenters. The van der Waals surface area contributed by atoms with Crippen LogP contribution in [0, 0.1) is 0 Å². The van der Waals surface area contributed by atoms with Crippen molar-refractivity contribution in [2.24, 2.45) is 0 Å². The number of aromatic nitrogens is 1. The lowest BCUT2D eigenvalue weighted by atomic mass is 10.4. The number of nitrogens with zero attached hydrogens (tertiary/aromatic N) is 1. The fourth-order valence-corrected chi connectivity index (χ4v) is 2.92. The highest BCUT2D eigenvalue weighted by Gasteiger charge is 2.07. The first-order valence-electron chi connectivity index (χ1n) is 5.62. The zero-order valence-corrected chi connectivity index (χ0v) is 12.3. The zero-order valence-electron chi connectivity index (χ0n) is 10.6. The van der Waals surface area contributed by atoms with Gasteiger partial charge < -0.3 is 5.32 Å². The van der Waals surface area contributed by atoms with Crippen molar-refractivity contribution in [2.75, 3.05) is 18.6 Å². The summed E-state index contributed by atoms with van der Waals surface area (Å²) in [5.74, 6) is 0.803. The molecule has 0 amide bonds. The van der Waals surface area contributed by atoms with E-state index in [1.807, 2.05) is 25.2 Å². The molecular formula is C13H14N2O2S2. The summed E-state index contributed by atoms with van der Waals surface area (Å²) < 4.78 is 22.7. The van der Waals surface area contributed by atoms with Crippen molar-refractivity contribution in [1.82, 2.24) is 4.98 Å². The molecule has 19 heavy (non-hydrogen) atoms. The summed E-state index contributed by atoms with van der Waals surface area (Å²) in [5, 5.41) is 3.84. The van der Waals surface area contributed by atoms with Crippen molar-refractivity contribution in [3.05, 3.63) is 42.5 Å². The standard InChI is InChI=1S/C13H14N2O2S2/c1-14-12-4-3-5-13(15-12)18-10-6-8-11(9-7-10)19(2,16)17/h3-9H,1-2H3,(H,14,15). The first kappa shape index (κ1) is 13.9. The number of anilines is 1. The first-order valence-corrected chi connectivity index (χ1v) is 8.32. The number of rotatable bonds is 4. The molecule has 4 nitrogen and oxygen atoms in total. The molecule has 0 fully saturated rings. The minimum absolute atomic E-state index is 0.328. The van der Waals surface area contributed by atoms with E-state index in [-0.39, 0.29) is 0 Å². The van der Waals surface area contributed by atoms with E-state index in [2.05, 4.69) is 10.3 Å². The van der Waals surface area contributed by atoms with E-state index in [9.17, 15) is 8.42 Å². The monoisotopic (exact) mass is 294 g/mol. The van der Waals surface area contributed by atoms with Crippen LogP contribution in [0.5, 0.6) is 0 Å². The summed E-state index contributed by atoms with van der Waals surface area (Å²) in [7, 11) is -1.32. The highest BCUT2D eigenvalue weighted by atomic mass is 32.2. The smallest absolute Gasteiger partial charge is 0.175 e. The molecule has 2 aromatic rings. The van der Waals surface area contributed by atoms with Gasteiger partial charge in [0.25, 0.3) is 0 Å². The van der Waals surface area contributed by atoms with E-state index >= 15 is 0 Å². The molecule has 1 heterocycles. The molecule has 1 aromatic heterocycles. The average molecular weight is 294 g/mol. The number of pyridine rings is 1. The summed E-state index contributed by atoms with van der Waals surface area (Å²) in [6, 6.07) is 12.5. The van der Waals surface area contributed by atoms with Crippen LogP contribution in [-0.2, 0) is 9.84 Å². The van der Waals surface area contributed by atoms with Crippen molar-refractivity contribution in [2.45, 2.75) is 14.8 Å². The Morgan fingerprint density at radius 2 is 1.79 bits per heavy atom. The molecule has 1 aromatic carbocycles. The topological polar surface area (TPSA) is 59.1 Å². The van der Waals surface area contributed by atoms with Crippen molar-refractivity contribution in [1.29, 1.82) is 0 Å². The summed E-state index contributed by atoms with van der Waals surface area (Å²) >= 11 is 1.49. The van der Waals surface area contributed by atoms with Gasteiger partial charge in [0.15, 0.2) is 9.84 Å². The second kappa shape index (κ2) is 5.63. The lowest BCUT2D eigenvalue weighted by Crippen LogP contribution is -1.96. The number of nitrogens with one attached hydrogen (secondary N) is 1. The highest BCUT2D eigenvalue weighted by molar-refractivity contribution is 7.99. The van der Waals surface area contributed by atoms with E-state index in [0.717, 1.165) is 15.7 Å². The highest BCUT2D eigenvalue weighted by Crippen LogP contribution is 2.27. The third-order valence-electron chi connectivity index (χ3n) is 2.45. The summed E-state index contributed by atoms with van der Waals surface area (Å²) in [5.41, 5.74) is 0. The molecule has 0 aliphatic carbocycles. The van der Waals surface area contributed by atoms with Crippen LogP contribution in [0.25, 0.3) is 0 Å². The van der Waals surface area contributed by atoms with E-state index in [1.54, 1.807) is 24.3 Å². The quantitative estimate of drug-likeness (QED) is 0.939. The average Bonchev–Trinajstić information content (AvgIpc) is 2.38. The van der Waals surface area contributed by atoms with E-state index in [4.69, 9.17) is 0 Å². The van der Waals surface area contributed by atoms with Gasteiger partial charge in [-0.1, -0.05) is 17.8 Å². The molecule has 0 saturated heterocycles. The molecule has 0 bridgehead atoms. The number of hydrogen-bond acceptors (Lipinski definition) is 5. The first-order chi connectivity index (χ1) is 8.99. The zero-order chi connectivity index (χ0) is 13.9. The second-order valence-electron chi connectivity index (χ2n) is 3.96. The van der Waals surface area contributed by atoms with Crippen LogP contribution in [0.1, 0.15) is 0 Å². The van der Waals surface area contributed by atoms with Crippen LogP contribution in [0.4, 0.5) is 5.82 Å². The maximum atomic E-state index is 11.4. The Hall–Kier alpha value is -1.53. The summed E-state index contributed by atoms with van der Waals surface area (Å²) in [6.07, 6.45) is 1.20. The predicted molar refractivity (Wildman–Crippen MR) is 77.5 cm³/mol. The Labute approximate surface area is 117 Å². The van der Waals surface area contributed by atoms with E-state index < -0.39 is 9.84 Å². The van der Waals surface area contributed by atoms with Crippen LogP contribution in [0.2, 0.25) is 0 Å². The molecule has 2 rings (SSSR count). The normalized spacial score (nSPS) is 11.3. The number of hydrogen-bond donors (Lipinski definition) is 1. The fraction of sp³-hybridized carbons (Fsp3) is 0.154.